The molecule has 4 N–H and O–H groups in total. The molecule has 0 fully saturated rings. The van der Waals surface area contributed by atoms with E-state index in [1.54, 1.807) is 0 Å². The highest BCUT2D eigenvalue weighted by Crippen LogP contribution is 2.17. The molecule has 0 heterocycles. The van der Waals surface area contributed by atoms with Crippen LogP contribution in [0.4, 0.5) is 4.79 Å². The number of carbonyl (C=O) groups excluding carboxylic acids is 5. The van der Waals surface area contributed by atoms with E-state index in [2.05, 4.69) is 21.3 Å². The van der Waals surface area contributed by atoms with Crippen LogP contribution >= 0.6 is 0 Å². The summed E-state index contributed by atoms with van der Waals surface area (Å²) in [5.41, 5.74) is 1.35. The van der Waals surface area contributed by atoms with Gasteiger partial charge in [-0.3, -0.25) is 19.2 Å². The van der Waals surface area contributed by atoms with Crippen molar-refractivity contribution in [1.29, 1.82) is 0 Å². The van der Waals surface area contributed by atoms with Crippen LogP contribution in [0, 0.1) is 11.3 Å². The second-order valence-electron chi connectivity index (χ2n) is 12.4. The number of ketones is 1. The normalized spacial score (nSPS) is 13.3. The van der Waals surface area contributed by atoms with Gasteiger partial charge >= 0.3 is 6.09 Å². The SMILES string of the molecule is CC(=O)[C@H](CNC(=O)CC(C)(C)C)NC(=O)[C@H](Cc1ccccc1)NC(=O)[C@H](CC(C)C)NC(=O)OCc1ccccc1. The Morgan fingerprint density at radius 3 is 1.81 bits per heavy atom. The summed E-state index contributed by atoms with van der Waals surface area (Å²) in [6, 6.07) is 15.3. The number of hydrogen-bond donors (Lipinski definition) is 4. The zero-order chi connectivity index (χ0) is 32.0. The summed E-state index contributed by atoms with van der Waals surface area (Å²) >= 11 is 0. The van der Waals surface area contributed by atoms with Gasteiger partial charge < -0.3 is 26.0 Å². The van der Waals surface area contributed by atoms with Gasteiger partial charge in [0, 0.05) is 19.4 Å². The minimum absolute atomic E-state index is 0.0421. The first kappa shape index (κ1) is 35.0. The molecule has 3 atom stereocenters. The molecule has 0 bridgehead atoms. The van der Waals surface area contributed by atoms with Crippen LogP contribution in [0.25, 0.3) is 0 Å². The lowest BCUT2D eigenvalue weighted by atomic mass is 9.92. The molecule has 0 aromatic heterocycles. The fourth-order valence-corrected chi connectivity index (χ4v) is 4.27. The van der Waals surface area contributed by atoms with Crippen molar-refractivity contribution < 1.29 is 28.7 Å². The topological polar surface area (TPSA) is 143 Å². The molecule has 10 heteroatoms. The van der Waals surface area contributed by atoms with Crippen molar-refractivity contribution in [2.24, 2.45) is 11.3 Å². The van der Waals surface area contributed by atoms with Crippen molar-refractivity contribution in [3.63, 3.8) is 0 Å². The number of carbonyl (C=O) groups is 5. The van der Waals surface area contributed by atoms with Crippen LogP contribution in [0.3, 0.4) is 0 Å². The van der Waals surface area contributed by atoms with Gasteiger partial charge in [-0.05, 0) is 35.8 Å². The van der Waals surface area contributed by atoms with Crippen molar-refractivity contribution in [2.45, 2.75) is 85.5 Å². The van der Waals surface area contributed by atoms with Crippen LogP contribution in [0.2, 0.25) is 0 Å². The van der Waals surface area contributed by atoms with E-state index in [-0.39, 0.29) is 49.0 Å². The Kier molecular flexibility index (Phi) is 13.9. The summed E-state index contributed by atoms with van der Waals surface area (Å²) in [6.07, 6.45) is -0.0407. The number of ether oxygens (including phenoxy) is 1. The lowest BCUT2D eigenvalue weighted by Gasteiger charge is -2.26. The first-order valence-electron chi connectivity index (χ1n) is 14.6. The minimum Gasteiger partial charge on any atom is -0.445 e. The summed E-state index contributed by atoms with van der Waals surface area (Å²) in [6.45, 7) is 10.9. The molecule has 234 valence electrons. The standard InChI is InChI=1S/C33H46N4O6/c1-22(2)17-26(37-32(42)43-21-25-15-11-8-12-16-25)30(40)35-27(18-24-13-9-7-10-14-24)31(41)36-28(23(3)38)20-34-29(39)19-33(4,5)6/h7-16,22,26-28H,17-21H2,1-6H3,(H,34,39)(H,35,40)(H,36,41)(H,37,42)/t26-,27-,28-/m0/s1. The maximum atomic E-state index is 13.5. The second-order valence-corrected chi connectivity index (χ2v) is 12.4. The van der Waals surface area contributed by atoms with Crippen LogP contribution in [0.15, 0.2) is 60.7 Å². The van der Waals surface area contributed by atoms with Crippen molar-refractivity contribution in [3.8, 4) is 0 Å². The van der Waals surface area contributed by atoms with Crippen LogP contribution in [0.5, 0.6) is 0 Å². The molecule has 2 aromatic carbocycles. The van der Waals surface area contributed by atoms with Crippen molar-refractivity contribution >= 4 is 29.6 Å². The van der Waals surface area contributed by atoms with Gasteiger partial charge in [0.1, 0.15) is 24.7 Å². The first-order valence-corrected chi connectivity index (χ1v) is 14.6. The summed E-state index contributed by atoms with van der Waals surface area (Å²) in [4.78, 5) is 64.3. The van der Waals surface area contributed by atoms with E-state index in [9.17, 15) is 24.0 Å². The monoisotopic (exact) mass is 594 g/mol. The van der Waals surface area contributed by atoms with Crippen LogP contribution in [-0.4, -0.2) is 54.3 Å². The summed E-state index contributed by atoms with van der Waals surface area (Å²) in [5.74, 6) is -1.67. The first-order chi connectivity index (χ1) is 20.2. The molecular weight excluding hydrogens is 548 g/mol. The zero-order valence-corrected chi connectivity index (χ0v) is 26.1. The zero-order valence-electron chi connectivity index (χ0n) is 26.1. The average molecular weight is 595 g/mol. The number of amides is 4. The van der Waals surface area contributed by atoms with E-state index in [1.165, 1.54) is 6.92 Å². The van der Waals surface area contributed by atoms with Gasteiger partial charge in [0.2, 0.25) is 17.7 Å². The highest BCUT2D eigenvalue weighted by atomic mass is 16.5. The van der Waals surface area contributed by atoms with Gasteiger partial charge in [-0.2, -0.15) is 0 Å². The Labute approximate surface area is 254 Å². The fourth-order valence-electron chi connectivity index (χ4n) is 4.27. The molecule has 4 amide bonds. The average Bonchev–Trinajstić information content (AvgIpc) is 2.93. The number of Topliss-reactive ketones (excluding diaryl/α,β-unsaturated/α-hetero) is 1. The maximum absolute atomic E-state index is 13.5. The number of alkyl carbamates (subject to hydrolysis) is 1. The van der Waals surface area contributed by atoms with Crippen LogP contribution in [0.1, 0.15) is 65.5 Å². The molecule has 0 aliphatic heterocycles. The van der Waals surface area contributed by atoms with Gasteiger partial charge in [0.05, 0.1) is 0 Å². The maximum Gasteiger partial charge on any atom is 0.408 e. The lowest BCUT2D eigenvalue weighted by Crippen LogP contribution is -2.58. The molecule has 0 aliphatic rings. The molecule has 0 aliphatic carbocycles. The highest BCUT2D eigenvalue weighted by Gasteiger charge is 2.30. The van der Waals surface area contributed by atoms with E-state index in [4.69, 9.17) is 4.74 Å². The van der Waals surface area contributed by atoms with E-state index < -0.39 is 36.0 Å². The Morgan fingerprint density at radius 1 is 0.744 bits per heavy atom. The fraction of sp³-hybridized carbons (Fsp3) is 0.485. The minimum atomic E-state index is -1.06. The number of benzene rings is 2. The van der Waals surface area contributed by atoms with E-state index >= 15 is 0 Å². The molecule has 0 saturated carbocycles. The van der Waals surface area contributed by atoms with Crippen LogP contribution in [-0.2, 0) is 36.9 Å². The number of rotatable bonds is 15. The van der Waals surface area contributed by atoms with Gasteiger partial charge in [-0.25, -0.2) is 4.79 Å². The summed E-state index contributed by atoms with van der Waals surface area (Å²) in [5, 5.41) is 10.8. The van der Waals surface area contributed by atoms with Crippen molar-refractivity contribution in [3.05, 3.63) is 71.8 Å². The molecule has 2 rings (SSSR count). The largest absolute Gasteiger partial charge is 0.445 e. The van der Waals surface area contributed by atoms with Crippen LogP contribution < -0.4 is 21.3 Å². The summed E-state index contributed by atoms with van der Waals surface area (Å²) < 4.78 is 5.31. The number of hydrogen-bond acceptors (Lipinski definition) is 6. The Balaban J connectivity index is 2.15. The molecule has 0 unspecified atom stereocenters. The predicted molar refractivity (Wildman–Crippen MR) is 165 cm³/mol. The molecule has 0 spiro atoms. The molecule has 0 radical (unpaired) electrons. The number of nitrogens with one attached hydrogen (secondary N) is 4. The Bertz CT molecular complexity index is 1210. The van der Waals surface area contributed by atoms with E-state index in [1.807, 2.05) is 95.3 Å². The van der Waals surface area contributed by atoms with E-state index in [0.717, 1.165) is 11.1 Å². The summed E-state index contributed by atoms with van der Waals surface area (Å²) in [7, 11) is 0. The Morgan fingerprint density at radius 2 is 1.28 bits per heavy atom. The van der Waals surface area contributed by atoms with Gasteiger partial charge in [-0.15, -0.1) is 0 Å². The van der Waals surface area contributed by atoms with Gasteiger partial charge in [0.15, 0.2) is 5.78 Å². The predicted octanol–water partition coefficient (Wildman–Crippen LogP) is 3.68. The molecular formula is C33H46N4O6. The third-order valence-electron chi connectivity index (χ3n) is 6.45. The van der Waals surface area contributed by atoms with Crippen molar-refractivity contribution in [2.75, 3.05) is 6.54 Å². The molecule has 10 nitrogen and oxygen atoms in total. The molecule has 2 aromatic rings. The van der Waals surface area contributed by atoms with E-state index in [0.29, 0.717) is 6.42 Å². The third-order valence-corrected chi connectivity index (χ3v) is 6.45. The van der Waals surface area contributed by atoms with Gasteiger partial charge in [0.25, 0.3) is 0 Å². The smallest absolute Gasteiger partial charge is 0.408 e. The highest BCUT2D eigenvalue weighted by molar-refractivity contribution is 5.94. The third kappa shape index (κ3) is 14.0. The molecule has 0 saturated heterocycles. The van der Waals surface area contributed by atoms with Crippen molar-refractivity contribution in [1.82, 2.24) is 21.3 Å². The lowest BCUT2D eigenvalue weighted by molar-refractivity contribution is -0.132. The molecule has 43 heavy (non-hydrogen) atoms. The quantitative estimate of drug-likeness (QED) is 0.248. The second kappa shape index (κ2) is 17.0. The Hall–Kier alpha value is -4.21. The van der Waals surface area contributed by atoms with Gasteiger partial charge in [-0.1, -0.05) is 95.3 Å².